The van der Waals surface area contributed by atoms with Gasteiger partial charge in [0.25, 0.3) is 0 Å². The number of hydrogen-bond donors (Lipinski definition) is 1. The maximum atomic E-state index is 13.1. The zero-order valence-electron chi connectivity index (χ0n) is 11.0. The molecule has 0 amide bonds. The first kappa shape index (κ1) is 13.5. The van der Waals surface area contributed by atoms with E-state index in [1.165, 1.54) is 12.1 Å². The summed E-state index contributed by atoms with van der Waals surface area (Å²) in [6.45, 7) is 7.55. The van der Waals surface area contributed by atoms with Crippen LogP contribution in [0.4, 0.5) is 4.39 Å². The first-order valence-electron chi connectivity index (χ1n) is 6.47. The molecule has 2 unspecified atom stereocenters. The fraction of sp³-hybridized carbons (Fsp3) is 0.571. The zero-order chi connectivity index (χ0) is 13.1. The van der Waals surface area contributed by atoms with Crippen LogP contribution in [0.1, 0.15) is 24.1 Å². The summed E-state index contributed by atoms with van der Waals surface area (Å²) in [5, 5.41) is 0. The number of rotatable bonds is 3. The molecule has 1 fully saturated rings. The number of ether oxygens (including phenoxy) is 1. The SMILES string of the molecule is CCN1CCOC(C(N)c2ccc(F)cc2C)C1. The Kier molecular flexibility index (Phi) is 4.32. The van der Waals surface area contributed by atoms with Crippen LogP contribution in [0.3, 0.4) is 0 Å². The van der Waals surface area contributed by atoms with Crippen LogP contribution in [0, 0.1) is 12.7 Å². The van der Waals surface area contributed by atoms with Crippen molar-refractivity contribution >= 4 is 0 Å². The first-order valence-corrected chi connectivity index (χ1v) is 6.47. The Morgan fingerprint density at radius 3 is 3.00 bits per heavy atom. The number of hydrogen-bond acceptors (Lipinski definition) is 3. The molecular weight excluding hydrogens is 231 g/mol. The van der Waals surface area contributed by atoms with Crippen LogP contribution in [0.25, 0.3) is 0 Å². The molecule has 2 rings (SSSR count). The summed E-state index contributed by atoms with van der Waals surface area (Å²) >= 11 is 0. The van der Waals surface area contributed by atoms with Crippen molar-refractivity contribution in [2.45, 2.75) is 26.0 Å². The van der Waals surface area contributed by atoms with E-state index in [9.17, 15) is 4.39 Å². The summed E-state index contributed by atoms with van der Waals surface area (Å²) in [7, 11) is 0. The average molecular weight is 252 g/mol. The molecule has 0 aromatic heterocycles. The number of benzene rings is 1. The summed E-state index contributed by atoms with van der Waals surface area (Å²) in [5.41, 5.74) is 8.12. The lowest BCUT2D eigenvalue weighted by Gasteiger charge is -2.35. The lowest BCUT2D eigenvalue weighted by Crippen LogP contribution is -2.46. The lowest BCUT2D eigenvalue weighted by atomic mass is 9.96. The van der Waals surface area contributed by atoms with Crippen molar-refractivity contribution in [2.75, 3.05) is 26.2 Å². The molecule has 1 saturated heterocycles. The number of morpholine rings is 1. The van der Waals surface area contributed by atoms with E-state index in [0.29, 0.717) is 6.61 Å². The third-order valence-electron chi connectivity index (χ3n) is 3.62. The molecule has 0 aliphatic carbocycles. The van der Waals surface area contributed by atoms with Gasteiger partial charge in [0.15, 0.2) is 0 Å². The first-order chi connectivity index (χ1) is 8.61. The third-order valence-corrected chi connectivity index (χ3v) is 3.62. The van der Waals surface area contributed by atoms with Crippen molar-refractivity contribution in [3.05, 3.63) is 35.1 Å². The molecule has 1 aromatic carbocycles. The normalized spacial score (nSPS) is 23.0. The minimum atomic E-state index is -0.219. The van der Waals surface area contributed by atoms with Gasteiger partial charge in [-0.05, 0) is 36.7 Å². The Balaban J connectivity index is 2.12. The van der Waals surface area contributed by atoms with Gasteiger partial charge in [0.05, 0.1) is 18.8 Å². The van der Waals surface area contributed by atoms with Gasteiger partial charge >= 0.3 is 0 Å². The van der Waals surface area contributed by atoms with E-state index in [0.717, 1.165) is 30.8 Å². The van der Waals surface area contributed by atoms with Crippen molar-refractivity contribution < 1.29 is 9.13 Å². The van der Waals surface area contributed by atoms with Crippen LogP contribution in [0.15, 0.2) is 18.2 Å². The van der Waals surface area contributed by atoms with Gasteiger partial charge in [-0.1, -0.05) is 13.0 Å². The van der Waals surface area contributed by atoms with Gasteiger partial charge in [-0.25, -0.2) is 4.39 Å². The van der Waals surface area contributed by atoms with E-state index in [2.05, 4.69) is 11.8 Å². The van der Waals surface area contributed by atoms with E-state index in [-0.39, 0.29) is 18.0 Å². The predicted octanol–water partition coefficient (Wildman–Crippen LogP) is 1.85. The highest BCUT2D eigenvalue weighted by atomic mass is 19.1. The van der Waals surface area contributed by atoms with Gasteiger partial charge < -0.3 is 10.5 Å². The van der Waals surface area contributed by atoms with Crippen LogP contribution in [0.2, 0.25) is 0 Å². The van der Waals surface area contributed by atoms with Crippen molar-refractivity contribution in [1.82, 2.24) is 4.90 Å². The molecule has 1 aromatic rings. The molecule has 1 heterocycles. The van der Waals surface area contributed by atoms with Gasteiger partial charge in [-0.2, -0.15) is 0 Å². The van der Waals surface area contributed by atoms with Crippen LogP contribution in [0.5, 0.6) is 0 Å². The minimum absolute atomic E-state index is 0.0112. The minimum Gasteiger partial charge on any atom is -0.374 e. The number of halogens is 1. The second-order valence-corrected chi connectivity index (χ2v) is 4.83. The van der Waals surface area contributed by atoms with Crippen molar-refractivity contribution in [3.8, 4) is 0 Å². The van der Waals surface area contributed by atoms with Gasteiger partial charge in [-0.15, -0.1) is 0 Å². The average Bonchev–Trinajstić information content (AvgIpc) is 2.38. The summed E-state index contributed by atoms with van der Waals surface area (Å²) < 4.78 is 18.8. The molecule has 0 spiro atoms. The van der Waals surface area contributed by atoms with E-state index in [4.69, 9.17) is 10.5 Å². The Morgan fingerprint density at radius 2 is 2.33 bits per heavy atom. The molecule has 4 heteroatoms. The molecule has 1 aliphatic heterocycles. The highest BCUT2D eigenvalue weighted by Crippen LogP contribution is 2.23. The van der Waals surface area contributed by atoms with Gasteiger partial charge in [0, 0.05) is 13.1 Å². The zero-order valence-corrected chi connectivity index (χ0v) is 11.0. The highest BCUT2D eigenvalue weighted by Gasteiger charge is 2.27. The van der Waals surface area contributed by atoms with E-state index < -0.39 is 0 Å². The topological polar surface area (TPSA) is 38.5 Å². The molecule has 1 aliphatic rings. The lowest BCUT2D eigenvalue weighted by molar-refractivity contribution is -0.0393. The monoisotopic (exact) mass is 252 g/mol. The third kappa shape index (κ3) is 2.88. The van der Waals surface area contributed by atoms with Gasteiger partial charge in [0.2, 0.25) is 0 Å². The highest BCUT2D eigenvalue weighted by molar-refractivity contribution is 5.30. The fourth-order valence-electron chi connectivity index (χ4n) is 2.45. The van der Waals surface area contributed by atoms with E-state index >= 15 is 0 Å². The van der Waals surface area contributed by atoms with Crippen LogP contribution in [-0.2, 0) is 4.74 Å². The second kappa shape index (κ2) is 5.78. The molecule has 100 valence electrons. The summed E-state index contributed by atoms with van der Waals surface area (Å²) in [5.74, 6) is -0.219. The Bertz CT molecular complexity index is 411. The van der Waals surface area contributed by atoms with Crippen molar-refractivity contribution in [2.24, 2.45) is 5.73 Å². The molecule has 0 saturated carbocycles. The van der Waals surface area contributed by atoms with Crippen molar-refractivity contribution in [3.63, 3.8) is 0 Å². The molecular formula is C14H21FN2O. The van der Waals surface area contributed by atoms with E-state index in [1.807, 2.05) is 6.92 Å². The summed E-state index contributed by atoms with van der Waals surface area (Å²) in [6, 6.07) is 4.56. The maximum absolute atomic E-state index is 13.1. The van der Waals surface area contributed by atoms with E-state index in [1.54, 1.807) is 6.07 Å². The Labute approximate surface area is 108 Å². The molecule has 18 heavy (non-hydrogen) atoms. The number of nitrogens with zero attached hydrogens (tertiary/aromatic N) is 1. The second-order valence-electron chi connectivity index (χ2n) is 4.83. The summed E-state index contributed by atoms with van der Waals surface area (Å²) in [6.07, 6.45) is -0.0112. The number of aryl methyl sites for hydroxylation is 1. The molecule has 0 bridgehead atoms. The smallest absolute Gasteiger partial charge is 0.123 e. The standard InChI is InChI=1S/C14H21FN2O/c1-3-17-6-7-18-13(9-17)14(16)12-5-4-11(15)8-10(12)2/h4-5,8,13-14H,3,6-7,9,16H2,1-2H3. The fourth-order valence-corrected chi connectivity index (χ4v) is 2.45. The number of nitrogens with two attached hydrogens (primary N) is 1. The van der Waals surface area contributed by atoms with Gasteiger partial charge in [-0.3, -0.25) is 4.90 Å². The predicted molar refractivity (Wildman–Crippen MR) is 69.9 cm³/mol. The quantitative estimate of drug-likeness (QED) is 0.892. The van der Waals surface area contributed by atoms with Crippen molar-refractivity contribution in [1.29, 1.82) is 0 Å². The summed E-state index contributed by atoms with van der Waals surface area (Å²) in [4.78, 5) is 2.33. The molecule has 2 N–H and O–H groups in total. The maximum Gasteiger partial charge on any atom is 0.123 e. The Morgan fingerprint density at radius 1 is 1.56 bits per heavy atom. The van der Waals surface area contributed by atoms with Crippen LogP contribution in [-0.4, -0.2) is 37.2 Å². The van der Waals surface area contributed by atoms with Crippen LogP contribution >= 0.6 is 0 Å². The Hall–Kier alpha value is -0.970. The molecule has 0 radical (unpaired) electrons. The number of likely N-dealkylation sites (N-methyl/N-ethyl adjacent to an activating group) is 1. The largest absolute Gasteiger partial charge is 0.374 e. The molecule has 2 atom stereocenters. The van der Waals surface area contributed by atoms with Gasteiger partial charge in [0.1, 0.15) is 5.82 Å². The van der Waals surface area contributed by atoms with Crippen LogP contribution < -0.4 is 5.73 Å². The molecule has 3 nitrogen and oxygen atoms in total.